The number of halogens is 3. The van der Waals surface area contributed by atoms with E-state index in [-0.39, 0.29) is 23.4 Å². The number of benzene rings is 14. The third kappa shape index (κ3) is 16.3. The van der Waals surface area contributed by atoms with E-state index in [0.717, 1.165) is 90.9 Å². The molecule has 11 heteroatoms. The Hall–Kier alpha value is -12.5. The number of hydrogen-bond acceptors (Lipinski definition) is 7. The number of rotatable bonds is 16. The lowest BCUT2D eigenvalue weighted by Crippen LogP contribution is -2.12. The Morgan fingerprint density at radius 3 is 1.17 bits per heavy atom. The van der Waals surface area contributed by atoms with Gasteiger partial charge in [0.25, 0.3) is 0 Å². The van der Waals surface area contributed by atoms with Crippen LogP contribution in [-0.4, -0.2) is 12.3 Å². The van der Waals surface area contributed by atoms with Crippen molar-refractivity contribution in [1.29, 1.82) is 5.41 Å². The minimum atomic E-state index is -4.47. The van der Waals surface area contributed by atoms with E-state index in [4.69, 9.17) is 33.1 Å². The third-order valence-corrected chi connectivity index (χ3v) is 18.0. The first kappa shape index (κ1) is 67.5. The number of carbonyl (C=O) groups is 1. The number of aryl methyl sites for hydroxylation is 1. The molecule has 8 nitrogen and oxygen atoms in total. The number of amides is 1. The molecule has 100 heavy (non-hydrogen) atoms. The molecule has 0 bridgehead atoms. The maximum Gasteiger partial charge on any atom is 0.416 e. The summed E-state index contributed by atoms with van der Waals surface area (Å²) < 4.78 is 45.6. The molecule has 14 aromatic rings. The normalized spacial score (nSPS) is 11.7. The molecule has 0 saturated carbocycles. The van der Waals surface area contributed by atoms with E-state index >= 15 is 0 Å². The molecular formula is C89H75F3N6O2. The van der Waals surface area contributed by atoms with Crippen LogP contribution in [0.25, 0.3) is 54.9 Å². The average molecular weight is 1320 g/mol. The summed E-state index contributed by atoms with van der Waals surface area (Å²) in [5.74, 6) is -0.483. The molecule has 0 radical (unpaired) electrons. The quantitative estimate of drug-likeness (QED) is 0.0244. The van der Waals surface area contributed by atoms with E-state index in [0.29, 0.717) is 17.9 Å². The molecule has 1 amide bonds. The van der Waals surface area contributed by atoms with Gasteiger partial charge in [0.15, 0.2) is 6.40 Å². The van der Waals surface area contributed by atoms with Gasteiger partial charge in [0.05, 0.1) is 5.56 Å². The number of nitrogens with one attached hydrogen (secondary N) is 2. The topological polar surface area (TPSA) is 166 Å². The highest BCUT2D eigenvalue weighted by atomic mass is 19.4. The molecule has 0 fully saturated rings. The van der Waals surface area contributed by atoms with Gasteiger partial charge >= 0.3 is 6.18 Å². The van der Waals surface area contributed by atoms with Crippen LogP contribution in [0.1, 0.15) is 91.4 Å². The van der Waals surface area contributed by atoms with Gasteiger partial charge < -0.3 is 33.0 Å². The second-order valence-electron chi connectivity index (χ2n) is 24.9. The van der Waals surface area contributed by atoms with E-state index in [2.05, 4.69) is 169 Å². The lowest BCUT2D eigenvalue weighted by molar-refractivity contribution is -0.137. The predicted molar refractivity (Wildman–Crippen MR) is 407 cm³/mol. The molecule has 0 aliphatic heterocycles. The lowest BCUT2D eigenvalue weighted by atomic mass is 9.82. The van der Waals surface area contributed by atoms with Crippen LogP contribution < -0.4 is 28.3 Å². The zero-order valence-electron chi connectivity index (χ0n) is 55.4. The molecule has 494 valence electrons. The summed E-state index contributed by atoms with van der Waals surface area (Å²) in [6, 6.07) is 107. The monoisotopic (exact) mass is 1320 g/mol. The molecule has 0 aliphatic carbocycles. The SMILES string of the molecule is CC(=O)Nc1ccc(C(c2ccc(COC=N)cc2)c2ccc(-c3ccccc3)cc2)cc1.Cc1ccc(N)c(C(c2ccc(-c3ccccc3)cc2)c2cc(C(F)(F)F)ccc2N)c1.Nc1ccc2cc(C(c3ccc(-c4ccccc4)cc3)c3ccc4cc(N)ccc4c3)ccc2c1. The Kier molecular flexibility index (Phi) is 20.7. The first-order valence-electron chi connectivity index (χ1n) is 33.0. The molecule has 2 atom stereocenters. The van der Waals surface area contributed by atoms with Crippen molar-refractivity contribution in [2.75, 3.05) is 28.3 Å². The fourth-order valence-corrected chi connectivity index (χ4v) is 13.0. The molecule has 0 aromatic heterocycles. The second-order valence-corrected chi connectivity index (χ2v) is 24.9. The smallest absolute Gasteiger partial charge is 0.416 e. The number of fused-ring (bicyclic) bond motifs is 2. The van der Waals surface area contributed by atoms with Crippen molar-refractivity contribution in [2.24, 2.45) is 0 Å². The summed E-state index contributed by atoms with van der Waals surface area (Å²) in [6.45, 7) is 3.81. The van der Waals surface area contributed by atoms with Crippen LogP contribution in [-0.2, 0) is 22.3 Å². The molecule has 0 saturated heterocycles. The van der Waals surface area contributed by atoms with Crippen LogP contribution >= 0.6 is 0 Å². The summed E-state index contributed by atoms with van der Waals surface area (Å²) in [5, 5.41) is 14.6. The fourth-order valence-electron chi connectivity index (χ4n) is 13.0. The number of hydrogen-bond donors (Lipinski definition) is 6. The maximum absolute atomic E-state index is 13.5. The Labute approximate surface area is 581 Å². The number of ether oxygens (including phenoxy) is 1. The first-order valence-corrected chi connectivity index (χ1v) is 33.0. The zero-order chi connectivity index (χ0) is 69.7. The van der Waals surface area contributed by atoms with Gasteiger partial charge in [-0.05, 0) is 178 Å². The Bertz CT molecular complexity index is 5030. The van der Waals surface area contributed by atoms with E-state index in [9.17, 15) is 18.0 Å². The second kappa shape index (κ2) is 30.7. The van der Waals surface area contributed by atoms with Gasteiger partial charge in [0.1, 0.15) is 6.61 Å². The number of anilines is 5. The van der Waals surface area contributed by atoms with Crippen LogP contribution in [0.4, 0.5) is 41.6 Å². The largest absolute Gasteiger partial charge is 0.479 e. The molecule has 0 heterocycles. The van der Waals surface area contributed by atoms with Gasteiger partial charge in [-0.1, -0.05) is 266 Å². The van der Waals surface area contributed by atoms with Crippen LogP contribution in [0.15, 0.2) is 322 Å². The van der Waals surface area contributed by atoms with Gasteiger partial charge in [-0.25, -0.2) is 0 Å². The fraction of sp³-hybridized carbons (Fsp3) is 0.0787. The van der Waals surface area contributed by atoms with Crippen LogP contribution in [0.2, 0.25) is 0 Å². The van der Waals surface area contributed by atoms with Gasteiger partial charge in [-0.2, -0.15) is 13.2 Å². The summed E-state index contributed by atoms with van der Waals surface area (Å²) in [6.07, 6.45) is -3.51. The van der Waals surface area contributed by atoms with Crippen molar-refractivity contribution in [2.45, 2.75) is 44.4 Å². The van der Waals surface area contributed by atoms with Crippen molar-refractivity contribution in [3.8, 4) is 33.4 Å². The van der Waals surface area contributed by atoms with E-state index in [1.165, 1.54) is 68.3 Å². The number of nitrogen functional groups attached to an aromatic ring is 4. The first-order chi connectivity index (χ1) is 48.5. The molecule has 14 aromatic carbocycles. The average Bonchev–Trinajstić information content (AvgIpc) is 0.782. The van der Waals surface area contributed by atoms with Crippen molar-refractivity contribution in [1.82, 2.24) is 0 Å². The number of nitrogens with two attached hydrogens (primary N) is 4. The third-order valence-electron chi connectivity index (χ3n) is 18.0. The maximum atomic E-state index is 13.5. The molecule has 14 rings (SSSR count). The van der Waals surface area contributed by atoms with Crippen molar-refractivity contribution in [3.63, 3.8) is 0 Å². The van der Waals surface area contributed by atoms with E-state index in [1.807, 2.05) is 140 Å². The summed E-state index contributed by atoms with van der Waals surface area (Å²) >= 11 is 0. The number of alkyl halides is 3. The molecule has 0 aliphatic rings. The molecule has 2 unspecified atom stereocenters. The minimum Gasteiger partial charge on any atom is -0.479 e. The highest BCUT2D eigenvalue weighted by Crippen LogP contribution is 2.43. The minimum absolute atomic E-state index is 0.0407. The Balaban J connectivity index is 0.000000142. The van der Waals surface area contributed by atoms with Gasteiger partial charge in [-0.3, -0.25) is 10.2 Å². The summed E-state index contributed by atoms with van der Waals surface area (Å²) in [4.78, 5) is 11.4. The Morgan fingerprint density at radius 2 is 0.750 bits per heavy atom. The Morgan fingerprint density at radius 1 is 0.400 bits per heavy atom. The van der Waals surface area contributed by atoms with Gasteiger partial charge in [0.2, 0.25) is 5.91 Å². The molecule has 0 spiro atoms. The lowest BCUT2D eigenvalue weighted by Gasteiger charge is -2.24. The summed E-state index contributed by atoms with van der Waals surface area (Å²) in [5.41, 5.74) is 45.0. The van der Waals surface area contributed by atoms with Crippen LogP contribution in [0, 0.1) is 12.3 Å². The number of carbonyl (C=O) groups excluding carboxylic acids is 1. The highest BCUT2D eigenvalue weighted by molar-refractivity contribution is 5.89. The predicted octanol–water partition coefficient (Wildman–Crippen LogP) is 21.6. The zero-order valence-corrected chi connectivity index (χ0v) is 55.4. The van der Waals surface area contributed by atoms with Crippen LogP contribution in [0.5, 0.6) is 0 Å². The molecule has 10 N–H and O–H groups in total. The van der Waals surface area contributed by atoms with E-state index < -0.39 is 17.7 Å². The van der Waals surface area contributed by atoms with Crippen molar-refractivity contribution in [3.05, 3.63) is 388 Å². The van der Waals surface area contributed by atoms with Crippen molar-refractivity contribution >= 4 is 62.3 Å². The van der Waals surface area contributed by atoms with Gasteiger partial charge in [-0.15, -0.1) is 0 Å². The highest BCUT2D eigenvalue weighted by Gasteiger charge is 2.33. The van der Waals surface area contributed by atoms with Gasteiger partial charge in [0, 0.05) is 53.1 Å². The molecular weight excluding hydrogens is 1240 g/mol. The van der Waals surface area contributed by atoms with Crippen molar-refractivity contribution < 1.29 is 22.7 Å². The van der Waals surface area contributed by atoms with E-state index in [1.54, 1.807) is 6.07 Å². The standard InChI is InChI=1S/C33H26N2.C29H26N2O2.C27H23F3N2/c34-31-16-14-25-18-29(12-10-27(25)20-31)33(30-13-11-28-21-32(35)17-15-26(28)19-30)24-8-6-23(7-9-24)22-4-2-1-3-5-22;1-21(32)31-28-17-15-27(16-18-28)29(25-9-7-22(8-10-25)19-33-20-30)26-13-11-24(12-14-26)23-5-3-2-4-6-23;1-17-7-13-24(31)22(15-17)26(23-16-21(27(28,29)30)12-14-25(23)32)20-10-8-19(9-11-20)18-5-3-2-4-6-18/h1-21,33H,34-35H2;2-18,20,29-30H,19H2,1H3,(H,31,32);2-16,26H,31-32H2,1H3. The van der Waals surface area contributed by atoms with Crippen LogP contribution in [0.3, 0.4) is 0 Å². The summed E-state index contributed by atoms with van der Waals surface area (Å²) in [7, 11) is 0.